The van der Waals surface area contributed by atoms with E-state index in [2.05, 4.69) is 4.72 Å². The summed E-state index contributed by atoms with van der Waals surface area (Å²) in [6.07, 6.45) is 1.82. The highest BCUT2D eigenvalue weighted by Crippen LogP contribution is 2.13. The van der Waals surface area contributed by atoms with Crippen LogP contribution in [-0.2, 0) is 15.8 Å². The minimum Gasteiger partial charge on any atom is -0.395 e. The van der Waals surface area contributed by atoms with Crippen molar-refractivity contribution in [2.45, 2.75) is 24.0 Å². The van der Waals surface area contributed by atoms with E-state index in [1.807, 2.05) is 12.3 Å². The number of sulfonamides is 1. The molecule has 0 saturated carbocycles. The van der Waals surface area contributed by atoms with Gasteiger partial charge in [-0.3, -0.25) is 0 Å². The molecule has 0 aromatic heterocycles. The fraction of sp³-hybridized carbons (Fsp3) is 0.462. The number of nitrogens with zero attached hydrogens (tertiary/aromatic N) is 1. The van der Waals surface area contributed by atoms with E-state index in [4.69, 9.17) is 10.4 Å². The topological polar surface area (TPSA) is 90.2 Å². The van der Waals surface area contributed by atoms with Crippen molar-refractivity contribution >= 4 is 21.8 Å². The van der Waals surface area contributed by atoms with Gasteiger partial charge >= 0.3 is 0 Å². The van der Waals surface area contributed by atoms with Gasteiger partial charge in [-0.2, -0.15) is 17.0 Å². The SMILES string of the molecule is CSC(CO)C(C)NS(=O)(=O)Cc1cccc(C#N)c1. The lowest BCUT2D eigenvalue weighted by Gasteiger charge is -2.21. The lowest BCUT2D eigenvalue weighted by atomic mass is 10.2. The number of thioether (sulfide) groups is 1. The Morgan fingerprint density at radius 3 is 2.75 bits per heavy atom. The Morgan fingerprint density at radius 2 is 2.20 bits per heavy atom. The van der Waals surface area contributed by atoms with Crippen LogP contribution < -0.4 is 4.72 Å². The van der Waals surface area contributed by atoms with Gasteiger partial charge in [-0.15, -0.1) is 0 Å². The summed E-state index contributed by atoms with van der Waals surface area (Å²) in [6.45, 7) is 1.63. The minimum absolute atomic E-state index is 0.0885. The van der Waals surface area contributed by atoms with Crippen molar-refractivity contribution in [3.05, 3.63) is 35.4 Å². The molecule has 7 heteroatoms. The van der Waals surface area contributed by atoms with E-state index in [1.165, 1.54) is 11.8 Å². The highest BCUT2D eigenvalue weighted by molar-refractivity contribution is 7.99. The highest BCUT2D eigenvalue weighted by Gasteiger charge is 2.21. The number of nitriles is 1. The van der Waals surface area contributed by atoms with Gasteiger partial charge in [0.15, 0.2) is 0 Å². The summed E-state index contributed by atoms with van der Waals surface area (Å²) in [5, 5.41) is 17.8. The number of benzene rings is 1. The van der Waals surface area contributed by atoms with Crippen LogP contribution in [0.2, 0.25) is 0 Å². The van der Waals surface area contributed by atoms with Crippen LogP contribution in [0, 0.1) is 11.3 Å². The Morgan fingerprint density at radius 1 is 1.50 bits per heavy atom. The van der Waals surface area contributed by atoms with Gasteiger partial charge in [0, 0.05) is 11.3 Å². The van der Waals surface area contributed by atoms with Gasteiger partial charge in [0.25, 0.3) is 0 Å². The summed E-state index contributed by atoms with van der Waals surface area (Å²) in [6, 6.07) is 8.13. The van der Waals surface area contributed by atoms with Crippen molar-refractivity contribution in [2.24, 2.45) is 0 Å². The van der Waals surface area contributed by atoms with Crippen LogP contribution in [0.15, 0.2) is 24.3 Å². The molecule has 0 saturated heterocycles. The van der Waals surface area contributed by atoms with Crippen molar-refractivity contribution in [2.75, 3.05) is 12.9 Å². The normalized spacial score (nSPS) is 14.5. The van der Waals surface area contributed by atoms with E-state index < -0.39 is 10.0 Å². The lowest BCUT2D eigenvalue weighted by molar-refractivity contribution is 0.282. The summed E-state index contributed by atoms with van der Waals surface area (Å²) in [5.74, 6) is -0.181. The van der Waals surface area contributed by atoms with Crippen LogP contribution in [0.5, 0.6) is 0 Å². The molecule has 0 aliphatic carbocycles. The fourth-order valence-electron chi connectivity index (χ4n) is 1.79. The zero-order valence-electron chi connectivity index (χ0n) is 11.4. The Bertz CT molecular complexity index is 578. The molecule has 1 aromatic carbocycles. The molecule has 110 valence electrons. The smallest absolute Gasteiger partial charge is 0.216 e. The first-order valence-corrected chi connectivity index (χ1v) is 8.98. The predicted molar refractivity (Wildman–Crippen MR) is 80.8 cm³/mol. The van der Waals surface area contributed by atoms with Gasteiger partial charge < -0.3 is 5.11 Å². The van der Waals surface area contributed by atoms with Gasteiger partial charge in [0.05, 0.1) is 24.0 Å². The zero-order chi connectivity index (χ0) is 15.2. The number of aliphatic hydroxyl groups excluding tert-OH is 1. The monoisotopic (exact) mass is 314 g/mol. The Labute approximate surface area is 124 Å². The summed E-state index contributed by atoms with van der Waals surface area (Å²) in [5.41, 5.74) is 0.997. The van der Waals surface area contributed by atoms with Crippen LogP contribution in [0.25, 0.3) is 0 Å². The van der Waals surface area contributed by atoms with E-state index in [1.54, 1.807) is 31.2 Å². The van der Waals surface area contributed by atoms with E-state index in [-0.39, 0.29) is 23.7 Å². The van der Waals surface area contributed by atoms with E-state index in [9.17, 15) is 8.42 Å². The van der Waals surface area contributed by atoms with Crippen molar-refractivity contribution < 1.29 is 13.5 Å². The number of nitrogens with one attached hydrogen (secondary N) is 1. The van der Waals surface area contributed by atoms with Crippen molar-refractivity contribution in [1.82, 2.24) is 4.72 Å². The van der Waals surface area contributed by atoms with E-state index in [0.717, 1.165) is 0 Å². The summed E-state index contributed by atoms with van der Waals surface area (Å²) in [7, 11) is -3.51. The molecule has 2 atom stereocenters. The molecule has 0 bridgehead atoms. The van der Waals surface area contributed by atoms with Crippen LogP contribution in [0.1, 0.15) is 18.1 Å². The van der Waals surface area contributed by atoms with E-state index >= 15 is 0 Å². The molecule has 2 unspecified atom stereocenters. The third-order valence-corrected chi connectivity index (χ3v) is 5.43. The van der Waals surface area contributed by atoms with Gasteiger partial charge in [0.2, 0.25) is 10.0 Å². The number of aliphatic hydroxyl groups is 1. The Kier molecular flexibility index (Phi) is 6.49. The van der Waals surface area contributed by atoms with Crippen molar-refractivity contribution in [3.8, 4) is 6.07 Å². The zero-order valence-corrected chi connectivity index (χ0v) is 13.0. The molecule has 2 N–H and O–H groups in total. The molecule has 0 amide bonds. The van der Waals surface area contributed by atoms with Gasteiger partial charge in [-0.25, -0.2) is 13.1 Å². The van der Waals surface area contributed by atoms with Crippen LogP contribution >= 0.6 is 11.8 Å². The first-order valence-electron chi connectivity index (χ1n) is 6.04. The average Bonchev–Trinajstić information content (AvgIpc) is 2.39. The number of hydrogen-bond acceptors (Lipinski definition) is 5. The molecule has 0 radical (unpaired) electrons. The number of hydrogen-bond donors (Lipinski definition) is 2. The second-order valence-corrected chi connectivity index (χ2v) is 7.27. The third-order valence-electron chi connectivity index (χ3n) is 2.82. The first kappa shape index (κ1) is 17.0. The maximum atomic E-state index is 12.1. The third kappa shape index (κ3) is 5.13. The minimum atomic E-state index is -3.51. The molecular formula is C13H18N2O3S2. The standard InChI is InChI=1S/C13H18N2O3S2/c1-10(13(8-16)19-2)15-20(17,18)9-12-5-3-4-11(6-12)7-14/h3-6,10,13,15-16H,8-9H2,1-2H3. The van der Waals surface area contributed by atoms with Crippen LogP contribution in [-0.4, -0.2) is 37.7 Å². The molecule has 1 rings (SSSR count). The average molecular weight is 314 g/mol. The van der Waals surface area contributed by atoms with Gasteiger partial charge in [-0.1, -0.05) is 12.1 Å². The van der Waals surface area contributed by atoms with Crippen LogP contribution in [0.4, 0.5) is 0 Å². The highest BCUT2D eigenvalue weighted by atomic mass is 32.2. The van der Waals surface area contributed by atoms with Crippen molar-refractivity contribution in [1.29, 1.82) is 5.26 Å². The fourth-order valence-corrected chi connectivity index (χ4v) is 3.93. The summed E-state index contributed by atoms with van der Waals surface area (Å²) in [4.78, 5) is 0. The quantitative estimate of drug-likeness (QED) is 0.786. The lowest BCUT2D eigenvalue weighted by Crippen LogP contribution is -2.41. The maximum Gasteiger partial charge on any atom is 0.216 e. The molecule has 1 aromatic rings. The second-order valence-electron chi connectivity index (χ2n) is 4.43. The summed E-state index contributed by atoms with van der Waals surface area (Å²) >= 11 is 1.41. The number of rotatable bonds is 7. The second kappa shape index (κ2) is 7.64. The molecule has 20 heavy (non-hydrogen) atoms. The summed E-state index contributed by atoms with van der Waals surface area (Å²) < 4.78 is 26.7. The Hall–Kier alpha value is -1.07. The van der Waals surface area contributed by atoms with Gasteiger partial charge in [0.1, 0.15) is 0 Å². The maximum absolute atomic E-state index is 12.1. The molecule has 0 aliphatic rings. The molecule has 0 fully saturated rings. The first-order chi connectivity index (χ1) is 9.41. The predicted octanol–water partition coefficient (Wildman–Crippen LogP) is 1.09. The van der Waals surface area contributed by atoms with Gasteiger partial charge in [-0.05, 0) is 30.9 Å². The molecular weight excluding hydrogens is 296 g/mol. The Balaban J connectivity index is 2.77. The molecule has 0 heterocycles. The molecule has 5 nitrogen and oxygen atoms in total. The largest absolute Gasteiger partial charge is 0.395 e. The van der Waals surface area contributed by atoms with Crippen LogP contribution in [0.3, 0.4) is 0 Å². The molecule has 0 aliphatic heterocycles. The molecule has 0 spiro atoms. The van der Waals surface area contributed by atoms with E-state index in [0.29, 0.717) is 11.1 Å². The van der Waals surface area contributed by atoms with Crippen molar-refractivity contribution in [3.63, 3.8) is 0 Å².